The van der Waals surface area contributed by atoms with Crippen molar-refractivity contribution in [1.29, 1.82) is 0 Å². The normalized spacial score (nSPS) is 10.9. The summed E-state index contributed by atoms with van der Waals surface area (Å²) in [6.45, 7) is 4.10. The lowest BCUT2D eigenvalue weighted by molar-refractivity contribution is -0.113. The molecule has 0 saturated heterocycles. The van der Waals surface area contributed by atoms with Crippen LogP contribution in [0.15, 0.2) is 23.5 Å². The summed E-state index contributed by atoms with van der Waals surface area (Å²) in [6.07, 6.45) is 1.57. The molecule has 0 radical (unpaired) electrons. The van der Waals surface area contributed by atoms with E-state index in [4.69, 9.17) is 11.6 Å². The summed E-state index contributed by atoms with van der Waals surface area (Å²) in [5.74, 6) is 1.26. The molecule has 0 spiro atoms. The van der Waals surface area contributed by atoms with Crippen LogP contribution in [-0.4, -0.2) is 31.4 Å². The maximum absolute atomic E-state index is 11.9. The van der Waals surface area contributed by atoms with E-state index < -0.39 is 0 Å². The standard InChI is InChI=1S/C13H16ClN5OS/c1-8(2)12-17-18-13(19(12)3)21-7-10(20)16-9-5-4-6-15-11(9)14/h4-6,8H,7H2,1-3H3,(H,16,20). The Morgan fingerprint density at radius 2 is 2.24 bits per heavy atom. The number of aromatic nitrogens is 4. The molecular weight excluding hydrogens is 310 g/mol. The molecule has 0 aliphatic heterocycles. The minimum absolute atomic E-state index is 0.163. The van der Waals surface area contributed by atoms with E-state index >= 15 is 0 Å². The fourth-order valence-electron chi connectivity index (χ4n) is 1.75. The van der Waals surface area contributed by atoms with Crippen molar-refractivity contribution in [2.24, 2.45) is 7.05 Å². The molecule has 1 N–H and O–H groups in total. The van der Waals surface area contributed by atoms with Crippen molar-refractivity contribution < 1.29 is 4.79 Å². The molecule has 112 valence electrons. The molecular formula is C13H16ClN5OS. The van der Waals surface area contributed by atoms with Gasteiger partial charge >= 0.3 is 0 Å². The van der Waals surface area contributed by atoms with E-state index in [0.29, 0.717) is 16.8 Å². The van der Waals surface area contributed by atoms with Gasteiger partial charge in [-0.05, 0) is 12.1 Å². The molecule has 0 saturated carbocycles. The number of hydrogen-bond acceptors (Lipinski definition) is 5. The van der Waals surface area contributed by atoms with Gasteiger partial charge in [-0.25, -0.2) is 4.98 Å². The number of anilines is 1. The van der Waals surface area contributed by atoms with Crippen LogP contribution in [0.5, 0.6) is 0 Å². The largest absolute Gasteiger partial charge is 0.323 e. The maximum atomic E-state index is 11.9. The number of nitrogens with zero attached hydrogens (tertiary/aromatic N) is 4. The van der Waals surface area contributed by atoms with Gasteiger partial charge in [-0.15, -0.1) is 10.2 Å². The van der Waals surface area contributed by atoms with Gasteiger partial charge in [0.2, 0.25) is 5.91 Å². The highest BCUT2D eigenvalue weighted by Gasteiger charge is 2.14. The summed E-state index contributed by atoms with van der Waals surface area (Å²) < 4.78 is 1.90. The van der Waals surface area contributed by atoms with Gasteiger partial charge in [0, 0.05) is 19.2 Å². The van der Waals surface area contributed by atoms with Crippen LogP contribution in [0.1, 0.15) is 25.6 Å². The Morgan fingerprint density at radius 3 is 2.86 bits per heavy atom. The molecule has 0 aliphatic rings. The van der Waals surface area contributed by atoms with Gasteiger partial charge in [-0.3, -0.25) is 4.79 Å². The summed E-state index contributed by atoms with van der Waals surface area (Å²) >= 11 is 7.22. The third-order valence-corrected chi connectivity index (χ3v) is 4.07. The molecule has 0 bridgehead atoms. The zero-order chi connectivity index (χ0) is 15.4. The molecule has 0 aromatic carbocycles. The van der Waals surface area contributed by atoms with E-state index in [1.807, 2.05) is 11.6 Å². The van der Waals surface area contributed by atoms with E-state index in [1.54, 1.807) is 18.3 Å². The van der Waals surface area contributed by atoms with Crippen molar-refractivity contribution in [1.82, 2.24) is 19.7 Å². The fraction of sp³-hybridized carbons (Fsp3) is 0.385. The van der Waals surface area contributed by atoms with Gasteiger partial charge in [0.05, 0.1) is 11.4 Å². The molecule has 0 fully saturated rings. The quantitative estimate of drug-likeness (QED) is 0.676. The highest BCUT2D eigenvalue weighted by molar-refractivity contribution is 7.99. The molecule has 2 aromatic heterocycles. The monoisotopic (exact) mass is 325 g/mol. The van der Waals surface area contributed by atoms with Crippen LogP contribution in [0, 0.1) is 0 Å². The van der Waals surface area contributed by atoms with E-state index in [1.165, 1.54) is 11.8 Å². The SMILES string of the molecule is CC(C)c1nnc(SCC(=O)Nc2cccnc2Cl)n1C. The Bertz CT molecular complexity index is 643. The fourth-order valence-corrected chi connectivity index (χ4v) is 2.63. The van der Waals surface area contributed by atoms with Gasteiger partial charge in [0.1, 0.15) is 5.82 Å². The smallest absolute Gasteiger partial charge is 0.234 e. The van der Waals surface area contributed by atoms with Crippen molar-refractivity contribution in [3.8, 4) is 0 Å². The average molecular weight is 326 g/mol. The van der Waals surface area contributed by atoms with Gasteiger partial charge in [0.15, 0.2) is 10.3 Å². The van der Waals surface area contributed by atoms with Crippen molar-refractivity contribution in [3.63, 3.8) is 0 Å². The van der Waals surface area contributed by atoms with Gasteiger partial charge in [0.25, 0.3) is 0 Å². The van der Waals surface area contributed by atoms with Crippen molar-refractivity contribution in [2.45, 2.75) is 24.9 Å². The third-order valence-electron chi connectivity index (χ3n) is 2.75. The second kappa shape index (κ2) is 6.91. The minimum atomic E-state index is -0.163. The lowest BCUT2D eigenvalue weighted by Gasteiger charge is -2.07. The molecule has 2 heterocycles. The Hall–Kier alpha value is -1.60. The van der Waals surface area contributed by atoms with Crippen LogP contribution in [0.2, 0.25) is 5.15 Å². The first-order valence-corrected chi connectivity index (χ1v) is 7.78. The summed E-state index contributed by atoms with van der Waals surface area (Å²) in [4.78, 5) is 15.8. The number of halogens is 1. The van der Waals surface area contributed by atoms with Crippen molar-refractivity contribution >= 4 is 35.0 Å². The summed E-state index contributed by atoms with van der Waals surface area (Å²) in [5, 5.41) is 11.9. The molecule has 21 heavy (non-hydrogen) atoms. The van der Waals surface area contributed by atoms with Crippen LogP contribution < -0.4 is 5.32 Å². The zero-order valence-electron chi connectivity index (χ0n) is 12.0. The predicted octanol–water partition coefficient (Wildman–Crippen LogP) is 2.72. The number of amides is 1. The van der Waals surface area contributed by atoms with Crippen LogP contribution in [-0.2, 0) is 11.8 Å². The second-order valence-corrected chi connectivity index (χ2v) is 6.03. The number of carbonyl (C=O) groups is 1. The van der Waals surface area contributed by atoms with E-state index in [2.05, 4.69) is 34.3 Å². The molecule has 0 unspecified atom stereocenters. The van der Waals surface area contributed by atoms with Gasteiger partial charge in [-0.1, -0.05) is 37.2 Å². The van der Waals surface area contributed by atoms with Gasteiger partial charge in [-0.2, -0.15) is 0 Å². The molecule has 2 rings (SSSR count). The lowest BCUT2D eigenvalue weighted by Crippen LogP contribution is -2.15. The van der Waals surface area contributed by atoms with Gasteiger partial charge < -0.3 is 9.88 Å². The molecule has 0 aliphatic carbocycles. The summed E-state index contributed by atoms with van der Waals surface area (Å²) in [7, 11) is 1.90. The predicted molar refractivity (Wildman–Crippen MR) is 83.7 cm³/mol. The maximum Gasteiger partial charge on any atom is 0.234 e. The Morgan fingerprint density at radius 1 is 1.48 bits per heavy atom. The molecule has 8 heteroatoms. The number of pyridine rings is 1. The third kappa shape index (κ3) is 3.95. The topological polar surface area (TPSA) is 72.7 Å². The Balaban J connectivity index is 1.94. The number of thioether (sulfide) groups is 1. The molecule has 0 atom stereocenters. The molecule has 1 amide bonds. The first kappa shape index (κ1) is 15.8. The van der Waals surface area contributed by atoms with Crippen molar-refractivity contribution in [3.05, 3.63) is 29.3 Å². The van der Waals surface area contributed by atoms with Crippen LogP contribution in [0.4, 0.5) is 5.69 Å². The second-order valence-electron chi connectivity index (χ2n) is 4.73. The summed E-state index contributed by atoms with van der Waals surface area (Å²) in [5.41, 5.74) is 0.505. The molecule has 2 aromatic rings. The number of carbonyl (C=O) groups excluding carboxylic acids is 1. The van der Waals surface area contributed by atoms with Crippen LogP contribution in [0.25, 0.3) is 0 Å². The van der Waals surface area contributed by atoms with Crippen LogP contribution in [0.3, 0.4) is 0 Å². The lowest BCUT2D eigenvalue weighted by atomic mass is 10.2. The number of hydrogen-bond donors (Lipinski definition) is 1. The van der Waals surface area contributed by atoms with Crippen LogP contribution >= 0.6 is 23.4 Å². The first-order chi connectivity index (χ1) is 9.99. The Kier molecular flexibility index (Phi) is 5.19. The summed E-state index contributed by atoms with van der Waals surface area (Å²) in [6, 6.07) is 3.42. The van der Waals surface area contributed by atoms with E-state index in [0.717, 1.165) is 5.82 Å². The average Bonchev–Trinajstić information content (AvgIpc) is 2.80. The number of nitrogens with one attached hydrogen (secondary N) is 1. The minimum Gasteiger partial charge on any atom is -0.323 e. The van der Waals surface area contributed by atoms with E-state index in [-0.39, 0.29) is 16.8 Å². The highest BCUT2D eigenvalue weighted by atomic mass is 35.5. The Labute approximate surface area is 132 Å². The highest BCUT2D eigenvalue weighted by Crippen LogP contribution is 2.21. The number of rotatable bonds is 5. The molecule has 6 nitrogen and oxygen atoms in total. The zero-order valence-corrected chi connectivity index (χ0v) is 13.6. The first-order valence-electron chi connectivity index (χ1n) is 6.41. The van der Waals surface area contributed by atoms with Crippen molar-refractivity contribution in [2.75, 3.05) is 11.1 Å². The van der Waals surface area contributed by atoms with E-state index in [9.17, 15) is 4.79 Å².